The van der Waals surface area contributed by atoms with Crippen LogP contribution in [0.3, 0.4) is 0 Å². The Morgan fingerprint density at radius 2 is 1.57 bits per heavy atom. The van der Waals surface area contributed by atoms with Crippen LogP contribution in [0.2, 0.25) is 0 Å². The molecule has 1 aromatic carbocycles. The van der Waals surface area contributed by atoms with E-state index in [1.165, 1.54) is 0 Å². The summed E-state index contributed by atoms with van der Waals surface area (Å²) in [6, 6.07) is 7.38. The number of ether oxygens (including phenoxy) is 3. The fourth-order valence-electron chi connectivity index (χ4n) is 2.92. The zero-order chi connectivity index (χ0) is 20.6. The van der Waals surface area contributed by atoms with E-state index in [1.54, 1.807) is 12.0 Å². The molecule has 0 spiro atoms. The molecule has 0 saturated carbocycles. The van der Waals surface area contributed by atoms with Gasteiger partial charge in [0, 0.05) is 32.6 Å². The van der Waals surface area contributed by atoms with Crippen molar-refractivity contribution in [2.75, 3.05) is 39.9 Å². The summed E-state index contributed by atoms with van der Waals surface area (Å²) in [6.45, 7) is 8.36. The Balaban J connectivity index is 1.70. The molecular formula is C21H32N2O5. The van der Waals surface area contributed by atoms with Gasteiger partial charge in [-0.2, -0.15) is 0 Å². The number of rotatable bonds is 6. The molecule has 28 heavy (non-hydrogen) atoms. The Bertz CT molecular complexity index is 639. The first-order valence-electron chi connectivity index (χ1n) is 9.81. The molecule has 0 aromatic heterocycles. The molecule has 0 N–H and O–H groups in total. The number of methoxy groups -OCH3 is 1. The highest BCUT2D eigenvalue weighted by Gasteiger charge is 2.25. The number of hydrogen-bond acceptors (Lipinski definition) is 5. The molecule has 1 saturated heterocycles. The smallest absolute Gasteiger partial charge is 0.410 e. The third-order valence-corrected chi connectivity index (χ3v) is 4.36. The van der Waals surface area contributed by atoms with Crippen molar-refractivity contribution in [3.8, 4) is 11.5 Å². The van der Waals surface area contributed by atoms with Crippen LogP contribution in [-0.2, 0) is 9.53 Å². The number of carbonyl (C=O) groups excluding carboxylic acids is 2. The van der Waals surface area contributed by atoms with Crippen LogP contribution in [0.25, 0.3) is 0 Å². The quantitative estimate of drug-likeness (QED) is 0.695. The van der Waals surface area contributed by atoms with E-state index in [2.05, 4.69) is 0 Å². The SMILES string of the molecule is COc1ccc(OCCCC(=O)N2CCCN(C(=O)OC(C)(C)C)CC2)cc1. The lowest BCUT2D eigenvalue weighted by atomic mass is 10.2. The molecule has 0 radical (unpaired) electrons. The van der Waals surface area contributed by atoms with Crippen LogP contribution in [-0.4, -0.2) is 67.3 Å². The van der Waals surface area contributed by atoms with E-state index in [0.29, 0.717) is 45.6 Å². The Morgan fingerprint density at radius 3 is 2.21 bits per heavy atom. The van der Waals surface area contributed by atoms with E-state index < -0.39 is 5.60 Å². The molecule has 0 bridgehead atoms. The highest BCUT2D eigenvalue weighted by atomic mass is 16.6. The van der Waals surface area contributed by atoms with Crippen LogP contribution in [0.15, 0.2) is 24.3 Å². The molecule has 1 heterocycles. The van der Waals surface area contributed by atoms with Crippen molar-refractivity contribution in [1.29, 1.82) is 0 Å². The predicted octanol–water partition coefficient (Wildman–Crippen LogP) is 3.32. The van der Waals surface area contributed by atoms with Gasteiger partial charge in [-0.15, -0.1) is 0 Å². The van der Waals surface area contributed by atoms with Crippen molar-refractivity contribution in [3.05, 3.63) is 24.3 Å². The largest absolute Gasteiger partial charge is 0.497 e. The van der Waals surface area contributed by atoms with Crippen LogP contribution in [0.5, 0.6) is 11.5 Å². The summed E-state index contributed by atoms with van der Waals surface area (Å²) >= 11 is 0. The third kappa shape index (κ3) is 7.29. The lowest BCUT2D eigenvalue weighted by Crippen LogP contribution is -2.40. The number of benzene rings is 1. The molecule has 1 aliphatic rings. The summed E-state index contributed by atoms with van der Waals surface area (Å²) in [6.07, 6.45) is 1.53. The number of amides is 2. The highest BCUT2D eigenvalue weighted by Crippen LogP contribution is 2.17. The molecule has 1 fully saturated rings. The zero-order valence-corrected chi connectivity index (χ0v) is 17.4. The summed E-state index contributed by atoms with van der Waals surface area (Å²) in [7, 11) is 1.62. The predicted molar refractivity (Wildman–Crippen MR) is 107 cm³/mol. The molecule has 7 heteroatoms. The van der Waals surface area contributed by atoms with Crippen LogP contribution < -0.4 is 9.47 Å². The summed E-state index contributed by atoms with van der Waals surface area (Å²) in [5.74, 6) is 1.64. The maximum Gasteiger partial charge on any atom is 0.410 e. The first-order valence-corrected chi connectivity index (χ1v) is 9.81. The maximum atomic E-state index is 12.5. The van der Waals surface area contributed by atoms with E-state index in [9.17, 15) is 9.59 Å². The van der Waals surface area contributed by atoms with Gasteiger partial charge in [-0.05, 0) is 57.9 Å². The van der Waals surface area contributed by atoms with E-state index in [-0.39, 0.29) is 12.0 Å². The first kappa shape index (κ1) is 21.9. The van der Waals surface area contributed by atoms with Crippen molar-refractivity contribution >= 4 is 12.0 Å². The average molecular weight is 392 g/mol. The Hall–Kier alpha value is -2.44. The van der Waals surface area contributed by atoms with Crippen LogP contribution >= 0.6 is 0 Å². The fourth-order valence-corrected chi connectivity index (χ4v) is 2.92. The van der Waals surface area contributed by atoms with Gasteiger partial charge in [-0.3, -0.25) is 4.79 Å². The molecule has 156 valence electrons. The van der Waals surface area contributed by atoms with E-state index in [0.717, 1.165) is 17.9 Å². The Kier molecular flexibility index (Phi) is 7.96. The summed E-state index contributed by atoms with van der Waals surface area (Å²) in [5, 5.41) is 0. The number of hydrogen-bond donors (Lipinski definition) is 0. The van der Waals surface area contributed by atoms with Gasteiger partial charge in [0.05, 0.1) is 13.7 Å². The lowest BCUT2D eigenvalue weighted by Gasteiger charge is -2.26. The maximum absolute atomic E-state index is 12.5. The van der Waals surface area contributed by atoms with Crippen LogP contribution in [0, 0.1) is 0 Å². The molecule has 1 aromatic rings. The Morgan fingerprint density at radius 1 is 0.964 bits per heavy atom. The van der Waals surface area contributed by atoms with Gasteiger partial charge >= 0.3 is 6.09 Å². The van der Waals surface area contributed by atoms with Gasteiger partial charge < -0.3 is 24.0 Å². The van der Waals surface area contributed by atoms with Crippen molar-refractivity contribution in [3.63, 3.8) is 0 Å². The highest BCUT2D eigenvalue weighted by molar-refractivity contribution is 5.76. The number of nitrogens with zero attached hydrogens (tertiary/aromatic N) is 2. The van der Waals surface area contributed by atoms with E-state index in [4.69, 9.17) is 14.2 Å². The second-order valence-electron chi connectivity index (χ2n) is 7.83. The van der Waals surface area contributed by atoms with Gasteiger partial charge in [0.15, 0.2) is 0 Å². The van der Waals surface area contributed by atoms with Gasteiger partial charge in [-0.1, -0.05) is 0 Å². The molecule has 7 nitrogen and oxygen atoms in total. The normalized spacial score (nSPS) is 15.0. The van der Waals surface area contributed by atoms with Gasteiger partial charge in [-0.25, -0.2) is 4.79 Å². The molecule has 2 rings (SSSR count). The third-order valence-electron chi connectivity index (χ3n) is 4.36. The molecular weight excluding hydrogens is 360 g/mol. The minimum absolute atomic E-state index is 0.101. The molecule has 0 aliphatic carbocycles. The standard InChI is InChI=1S/C21H32N2O5/c1-21(2,3)28-20(25)23-13-6-12-22(14-15-23)19(24)7-5-16-27-18-10-8-17(26-4)9-11-18/h8-11H,5-7,12-16H2,1-4H3. The van der Waals surface area contributed by atoms with Crippen molar-refractivity contribution in [2.45, 2.75) is 45.6 Å². The second-order valence-corrected chi connectivity index (χ2v) is 7.83. The minimum Gasteiger partial charge on any atom is -0.497 e. The Labute approximate surface area is 167 Å². The molecule has 1 aliphatic heterocycles. The summed E-state index contributed by atoms with van der Waals surface area (Å²) < 4.78 is 16.2. The summed E-state index contributed by atoms with van der Waals surface area (Å²) in [4.78, 5) is 28.2. The molecule has 0 atom stereocenters. The van der Waals surface area contributed by atoms with Crippen molar-refractivity contribution < 1.29 is 23.8 Å². The fraction of sp³-hybridized carbons (Fsp3) is 0.619. The topological polar surface area (TPSA) is 68.3 Å². The van der Waals surface area contributed by atoms with Gasteiger partial charge in [0.2, 0.25) is 5.91 Å². The van der Waals surface area contributed by atoms with Crippen molar-refractivity contribution in [1.82, 2.24) is 9.80 Å². The summed E-state index contributed by atoms with van der Waals surface area (Å²) in [5.41, 5.74) is -0.511. The zero-order valence-electron chi connectivity index (χ0n) is 17.4. The van der Waals surface area contributed by atoms with E-state index >= 15 is 0 Å². The first-order chi connectivity index (χ1) is 13.3. The van der Waals surface area contributed by atoms with Gasteiger partial charge in [0.25, 0.3) is 0 Å². The van der Waals surface area contributed by atoms with Crippen LogP contribution in [0.4, 0.5) is 4.79 Å². The molecule has 2 amide bonds. The average Bonchev–Trinajstić information content (AvgIpc) is 2.90. The van der Waals surface area contributed by atoms with Crippen molar-refractivity contribution in [2.24, 2.45) is 0 Å². The van der Waals surface area contributed by atoms with E-state index in [1.807, 2.05) is 49.9 Å². The monoisotopic (exact) mass is 392 g/mol. The second kappa shape index (κ2) is 10.2. The number of carbonyl (C=O) groups is 2. The van der Waals surface area contributed by atoms with Gasteiger partial charge in [0.1, 0.15) is 17.1 Å². The minimum atomic E-state index is -0.511. The van der Waals surface area contributed by atoms with Crippen LogP contribution in [0.1, 0.15) is 40.0 Å². The lowest BCUT2D eigenvalue weighted by molar-refractivity contribution is -0.131. The molecule has 0 unspecified atom stereocenters.